The Balaban J connectivity index is 3.70. The molecule has 5 heteroatoms. The van der Waals surface area contributed by atoms with Crippen molar-refractivity contribution in [1.29, 1.82) is 0 Å². The number of hydrogen-bond acceptors (Lipinski definition) is 3. The summed E-state index contributed by atoms with van der Waals surface area (Å²) in [6.07, 6.45) is 2.04. The van der Waals surface area contributed by atoms with Gasteiger partial charge in [-0.05, 0) is 6.92 Å². The molecule has 1 heterocycles. The zero-order valence-electron chi connectivity index (χ0n) is 8.99. The predicted molar refractivity (Wildman–Crippen MR) is 59.9 cm³/mol. The third kappa shape index (κ3) is 1.72. The van der Waals surface area contributed by atoms with E-state index in [0.29, 0.717) is 18.7 Å². The van der Waals surface area contributed by atoms with Crippen molar-refractivity contribution < 1.29 is 0 Å². The van der Waals surface area contributed by atoms with Crippen LogP contribution in [0.5, 0.6) is 0 Å². The van der Waals surface area contributed by atoms with Crippen LogP contribution in [0.3, 0.4) is 0 Å². The Kier molecular flexibility index (Phi) is 3.14. The van der Waals surface area contributed by atoms with Crippen LogP contribution in [0.4, 0.5) is 5.69 Å². The van der Waals surface area contributed by atoms with Crippen LogP contribution >= 0.6 is 0 Å². The predicted octanol–water partition coefficient (Wildman–Crippen LogP) is -0.122. The van der Waals surface area contributed by atoms with Crippen LogP contribution in [0.1, 0.15) is 12.6 Å². The second-order valence-corrected chi connectivity index (χ2v) is 3.24. The van der Waals surface area contributed by atoms with Gasteiger partial charge in [0.1, 0.15) is 5.69 Å². The highest BCUT2D eigenvalue weighted by Crippen LogP contribution is 2.05. The van der Waals surface area contributed by atoms with Gasteiger partial charge in [0.2, 0.25) is 0 Å². The molecule has 1 rings (SSSR count). The SMILES string of the molecule is C=CCc1c(N)c(=O)n(C)c(=O)n1CC. The molecule has 0 fully saturated rings. The van der Waals surface area contributed by atoms with Gasteiger partial charge in [-0.25, -0.2) is 4.79 Å². The van der Waals surface area contributed by atoms with Gasteiger partial charge >= 0.3 is 5.69 Å². The molecule has 0 aliphatic heterocycles. The minimum atomic E-state index is -0.443. The lowest BCUT2D eigenvalue weighted by atomic mass is 10.2. The van der Waals surface area contributed by atoms with E-state index in [9.17, 15) is 9.59 Å². The van der Waals surface area contributed by atoms with Crippen molar-refractivity contribution >= 4 is 5.69 Å². The zero-order valence-corrected chi connectivity index (χ0v) is 8.99. The summed E-state index contributed by atoms with van der Waals surface area (Å²) < 4.78 is 2.50. The summed E-state index contributed by atoms with van der Waals surface area (Å²) in [4.78, 5) is 23.2. The Morgan fingerprint density at radius 3 is 2.53 bits per heavy atom. The maximum absolute atomic E-state index is 11.7. The third-order valence-corrected chi connectivity index (χ3v) is 2.34. The molecule has 0 bridgehead atoms. The fraction of sp³-hybridized carbons (Fsp3) is 0.400. The highest BCUT2D eigenvalue weighted by atomic mass is 16.2. The van der Waals surface area contributed by atoms with E-state index < -0.39 is 5.56 Å². The van der Waals surface area contributed by atoms with Crippen LogP contribution in [0.15, 0.2) is 22.2 Å². The quantitative estimate of drug-likeness (QED) is 0.705. The molecule has 0 atom stereocenters. The van der Waals surface area contributed by atoms with E-state index in [0.717, 1.165) is 4.57 Å². The molecule has 0 aliphatic carbocycles. The summed E-state index contributed by atoms with van der Waals surface area (Å²) in [6, 6.07) is 0. The lowest BCUT2D eigenvalue weighted by molar-refractivity contribution is 0.608. The van der Waals surface area contributed by atoms with E-state index >= 15 is 0 Å². The van der Waals surface area contributed by atoms with Crippen molar-refractivity contribution in [3.63, 3.8) is 0 Å². The maximum atomic E-state index is 11.7. The van der Waals surface area contributed by atoms with Gasteiger partial charge in [-0.3, -0.25) is 13.9 Å². The van der Waals surface area contributed by atoms with Crippen molar-refractivity contribution in [3.05, 3.63) is 39.2 Å². The Morgan fingerprint density at radius 1 is 1.47 bits per heavy atom. The zero-order chi connectivity index (χ0) is 11.6. The van der Waals surface area contributed by atoms with Gasteiger partial charge < -0.3 is 5.73 Å². The first-order valence-electron chi connectivity index (χ1n) is 4.73. The largest absolute Gasteiger partial charge is 0.393 e. The normalized spacial score (nSPS) is 10.3. The van der Waals surface area contributed by atoms with Gasteiger partial charge in [0.15, 0.2) is 0 Å². The lowest BCUT2D eigenvalue weighted by Crippen LogP contribution is -2.41. The summed E-state index contributed by atoms with van der Waals surface area (Å²) >= 11 is 0. The molecule has 1 aromatic heterocycles. The van der Waals surface area contributed by atoms with E-state index in [1.165, 1.54) is 11.6 Å². The number of aromatic nitrogens is 2. The highest BCUT2D eigenvalue weighted by Gasteiger charge is 2.12. The van der Waals surface area contributed by atoms with Gasteiger partial charge in [0.05, 0.1) is 5.69 Å². The molecule has 0 radical (unpaired) electrons. The summed E-state index contributed by atoms with van der Waals surface area (Å²) in [5.41, 5.74) is 5.56. The number of hydrogen-bond donors (Lipinski definition) is 1. The molecule has 0 spiro atoms. The molecule has 2 N–H and O–H groups in total. The Labute approximate surface area is 87.5 Å². The summed E-state index contributed by atoms with van der Waals surface area (Å²) in [7, 11) is 1.42. The van der Waals surface area contributed by atoms with Crippen molar-refractivity contribution in [1.82, 2.24) is 9.13 Å². The first kappa shape index (κ1) is 11.3. The van der Waals surface area contributed by atoms with Crippen LogP contribution in [0.2, 0.25) is 0 Å². The van der Waals surface area contributed by atoms with Crippen molar-refractivity contribution in [2.45, 2.75) is 19.9 Å². The number of nitrogen functional groups attached to an aromatic ring is 1. The standard InChI is InChI=1S/C10H15N3O2/c1-4-6-7-8(11)9(14)12(3)10(15)13(7)5-2/h4H,1,5-6,11H2,2-3H3. The molecule has 5 nitrogen and oxygen atoms in total. The van der Waals surface area contributed by atoms with Crippen LogP contribution < -0.4 is 17.0 Å². The second-order valence-electron chi connectivity index (χ2n) is 3.24. The van der Waals surface area contributed by atoms with Gasteiger partial charge in [0, 0.05) is 20.0 Å². The molecule has 0 unspecified atom stereocenters. The van der Waals surface area contributed by atoms with Crippen molar-refractivity contribution in [3.8, 4) is 0 Å². The van der Waals surface area contributed by atoms with E-state index in [2.05, 4.69) is 6.58 Å². The molecule has 0 aliphatic rings. The molecule has 0 aromatic carbocycles. The van der Waals surface area contributed by atoms with Crippen LogP contribution in [0, 0.1) is 0 Å². The van der Waals surface area contributed by atoms with Gasteiger partial charge in [-0.2, -0.15) is 0 Å². The number of nitrogens with two attached hydrogens (primary N) is 1. The number of allylic oxidation sites excluding steroid dienone is 1. The Morgan fingerprint density at radius 2 is 2.07 bits per heavy atom. The van der Waals surface area contributed by atoms with Gasteiger partial charge in [0.25, 0.3) is 5.56 Å². The number of rotatable bonds is 3. The number of anilines is 1. The molecular formula is C10H15N3O2. The molecule has 1 aromatic rings. The van der Waals surface area contributed by atoms with Gasteiger partial charge in [-0.15, -0.1) is 6.58 Å². The minimum absolute atomic E-state index is 0.124. The molecule has 0 saturated heterocycles. The molecule has 0 saturated carbocycles. The average molecular weight is 209 g/mol. The van der Waals surface area contributed by atoms with Crippen molar-refractivity contribution in [2.24, 2.45) is 7.05 Å². The smallest absolute Gasteiger partial charge is 0.331 e. The lowest BCUT2D eigenvalue weighted by Gasteiger charge is -2.13. The van der Waals surface area contributed by atoms with Crippen LogP contribution in [-0.2, 0) is 20.0 Å². The third-order valence-electron chi connectivity index (χ3n) is 2.34. The molecule has 15 heavy (non-hydrogen) atoms. The minimum Gasteiger partial charge on any atom is -0.393 e. The first-order valence-corrected chi connectivity index (χ1v) is 4.73. The van der Waals surface area contributed by atoms with Crippen molar-refractivity contribution in [2.75, 3.05) is 5.73 Å². The Hall–Kier alpha value is -1.78. The fourth-order valence-corrected chi connectivity index (χ4v) is 1.52. The maximum Gasteiger partial charge on any atom is 0.331 e. The number of nitrogens with zero attached hydrogens (tertiary/aromatic N) is 2. The molecule has 0 amide bonds. The monoisotopic (exact) mass is 209 g/mol. The van der Waals surface area contributed by atoms with E-state index in [4.69, 9.17) is 5.73 Å². The van der Waals surface area contributed by atoms with Gasteiger partial charge in [-0.1, -0.05) is 6.08 Å². The summed E-state index contributed by atoms with van der Waals surface area (Å²) in [5, 5.41) is 0. The molecular weight excluding hydrogens is 194 g/mol. The van der Waals surface area contributed by atoms with E-state index in [1.807, 2.05) is 6.92 Å². The van der Waals surface area contributed by atoms with E-state index in [1.54, 1.807) is 6.08 Å². The second kappa shape index (κ2) is 4.16. The first-order chi connectivity index (χ1) is 7.04. The molecule has 82 valence electrons. The Bertz CT molecular complexity index is 497. The fourth-order valence-electron chi connectivity index (χ4n) is 1.52. The average Bonchev–Trinajstić information content (AvgIpc) is 2.24. The topological polar surface area (TPSA) is 70.0 Å². The summed E-state index contributed by atoms with van der Waals surface area (Å²) in [6.45, 7) is 5.89. The summed E-state index contributed by atoms with van der Waals surface area (Å²) in [5.74, 6) is 0. The van der Waals surface area contributed by atoms with E-state index in [-0.39, 0.29) is 11.4 Å². The van der Waals surface area contributed by atoms with Crippen LogP contribution in [-0.4, -0.2) is 9.13 Å². The van der Waals surface area contributed by atoms with Crippen LogP contribution in [0.25, 0.3) is 0 Å². The highest BCUT2D eigenvalue weighted by molar-refractivity contribution is 5.41.